The molecule has 5 rings (SSSR count). The Morgan fingerprint density at radius 2 is 1.64 bits per heavy atom. The van der Waals surface area contributed by atoms with Crippen molar-refractivity contribution in [3.05, 3.63) is 101 Å². The van der Waals surface area contributed by atoms with E-state index in [-0.39, 0.29) is 42.2 Å². The number of pyridine rings is 1. The van der Waals surface area contributed by atoms with Crippen LogP contribution in [0.15, 0.2) is 79.1 Å². The maximum absolute atomic E-state index is 13.4. The summed E-state index contributed by atoms with van der Waals surface area (Å²) in [5, 5.41) is 3.83. The van der Waals surface area contributed by atoms with Gasteiger partial charge in [0.05, 0.1) is 11.5 Å². The van der Waals surface area contributed by atoms with Crippen LogP contribution in [-0.2, 0) is 11.3 Å². The first-order valence-electron chi connectivity index (χ1n) is 13.0. The van der Waals surface area contributed by atoms with Crippen LogP contribution < -0.4 is 5.32 Å². The van der Waals surface area contributed by atoms with E-state index in [2.05, 4.69) is 27.3 Å². The standard InChI is InChI=1S/C30H33ClN4O2.2ClH/c31-26-10-8-25(9-11-26)28(36)33-27(24-6-2-1-3-7-24)12-17-34-18-13-30(14-19-34)15-20-35(29(30)37)22-23-5-4-16-32-21-23;;/h1-11,16,21,27H,12-15,17-20,22H2,(H,33,36);2*1H. The van der Waals surface area contributed by atoms with E-state index in [4.69, 9.17) is 11.6 Å². The Morgan fingerprint density at radius 1 is 0.949 bits per heavy atom. The number of rotatable bonds is 8. The van der Waals surface area contributed by atoms with Gasteiger partial charge in [0.25, 0.3) is 5.91 Å². The van der Waals surface area contributed by atoms with Gasteiger partial charge < -0.3 is 15.1 Å². The monoisotopic (exact) mass is 588 g/mol. The number of nitrogens with zero attached hydrogens (tertiary/aromatic N) is 3. The number of nitrogens with one attached hydrogen (secondary N) is 1. The molecule has 0 bridgehead atoms. The number of benzene rings is 2. The Morgan fingerprint density at radius 3 is 2.31 bits per heavy atom. The van der Waals surface area contributed by atoms with Gasteiger partial charge in [-0.05, 0) is 80.2 Å². The average Bonchev–Trinajstić information content (AvgIpc) is 3.23. The number of hydrogen-bond donors (Lipinski definition) is 1. The Kier molecular flexibility index (Phi) is 11.2. The van der Waals surface area contributed by atoms with Crippen LogP contribution in [0.4, 0.5) is 0 Å². The summed E-state index contributed by atoms with van der Waals surface area (Å²) in [6, 6.07) is 20.9. The van der Waals surface area contributed by atoms with Crippen molar-refractivity contribution < 1.29 is 9.59 Å². The van der Waals surface area contributed by atoms with Gasteiger partial charge in [-0.2, -0.15) is 0 Å². The number of piperidine rings is 1. The molecular weight excluding hydrogens is 555 g/mol. The molecule has 2 saturated heterocycles. The number of likely N-dealkylation sites (tertiary alicyclic amines) is 2. The van der Waals surface area contributed by atoms with Crippen molar-refractivity contribution in [1.82, 2.24) is 20.1 Å². The smallest absolute Gasteiger partial charge is 0.251 e. The second-order valence-electron chi connectivity index (χ2n) is 10.2. The zero-order chi connectivity index (χ0) is 25.7. The van der Waals surface area contributed by atoms with E-state index in [0.29, 0.717) is 23.0 Å². The van der Waals surface area contributed by atoms with Gasteiger partial charge in [0.15, 0.2) is 0 Å². The molecule has 2 fully saturated rings. The van der Waals surface area contributed by atoms with Gasteiger partial charge >= 0.3 is 0 Å². The molecule has 2 amide bonds. The molecule has 6 nitrogen and oxygen atoms in total. The minimum Gasteiger partial charge on any atom is -0.345 e. The van der Waals surface area contributed by atoms with Crippen LogP contribution in [-0.4, -0.2) is 52.8 Å². The lowest BCUT2D eigenvalue weighted by atomic mass is 9.77. The zero-order valence-electron chi connectivity index (χ0n) is 21.8. The van der Waals surface area contributed by atoms with E-state index in [1.165, 1.54) is 0 Å². The Bertz CT molecular complexity index is 1200. The first kappa shape index (κ1) is 30.9. The summed E-state index contributed by atoms with van der Waals surface area (Å²) in [5.74, 6) is 0.196. The molecular formula is C30H35Cl3N4O2. The second kappa shape index (κ2) is 14.1. The molecule has 1 atom stereocenters. The lowest BCUT2D eigenvalue weighted by molar-refractivity contribution is -0.138. The highest BCUT2D eigenvalue weighted by Gasteiger charge is 2.47. The third-order valence-electron chi connectivity index (χ3n) is 7.86. The molecule has 3 heterocycles. The molecule has 1 spiro atoms. The quantitative estimate of drug-likeness (QED) is 0.352. The highest BCUT2D eigenvalue weighted by Crippen LogP contribution is 2.42. The van der Waals surface area contributed by atoms with E-state index in [0.717, 1.165) is 63.0 Å². The van der Waals surface area contributed by atoms with Gasteiger partial charge in [0.2, 0.25) is 5.91 Å². The van der Waals surface area contributed by atoms with Gasteiger partial charge in [0, 0.05) is 42.6 Å². The molecule has 0 aliphatic carbocycles. The fraction of sp³-hybridized carbons (Fsp3) is 0.367. The summed E-state index contributed by atoms with van der Waals surface area (Å²) in [5.41, 5.74) is 2.55. The van der Waals surface area contributed by atoms with Gasteiger partial charge in [-0.25, -0.2) is 0 Å². The summed E-state index contributed by atoms with van der Waals surface area (Å²) in [6.45, 7) is 4.13. The van der Waals surface area contributed by atoms with E-state index >= 15 is 0 Å². The van der Waals surface area contributed by atoms with Gasteiger partial charge in [-0.3, -0.25) is 14.6 Å². The van der Waals surface area contributed by atoms with E-state index < -0.39 is 0 Å². The fourth-order valence-corrected chi connectivity index (χ4v) is 5.71. The van der Waals surface area contributed by atoms with Crippen LogP contribution in [0.1, 0.15) is 53.2 Å². The average molecular weight is 590 g/mol. The fourth-order valence-electron chi connectivity index (χ4n) is 5.59. The van der Waals surface area contributed by atoms with E-state index in [1.807, 2.05) is 41.4 Å². The molecule has 0 saturated carbocycles. The van der Waals surface area contributed by atoms with Crippen LogP contribution in [0, 0.1) is 5.41 Å². The molecule has 1 unspecified atom stereocenters. The summed E-state index contributed by atoms with van der Waals surface area (Å²) in [7, 11) is 0. The maximum Gasteiger partial charge on any atom is 0.251 e. The molecule has 3 aromatic rings. The Balaban J connectivity index is 0.00000210. The summed E-state index contributed by atoms with van der Waals surface area (Å²) < 4.78 is 0. The van der Waals surface area contributed by atoms with Crippen molar-refractivity contribution in [3.8, 4) is 0 Å². The van der Waals surface area contributed by atoms with Crippen molar-refractivity contribution in [1.29, 1.82) is 0 Å². The van der Waals surface area contributed by atoms with Gasteiger partial charge in [-0.15, -0.1) is 24.8 Å². The first-order valence-corrected chi connectivity index (χ1v) is 13.4. The lowest BCUT2D eigenvalue weighted by Crippen LogP contribution is -2.45. The normalized spacial score (nSPS) is 17.3. The maximum atomic E-state index is 13.4. The molecule has 2 aromatic carbocycles. The SMILES string of the molecule is Cl.Cl.O=C(NC(CCN1CCC2(CC1)CCN(Cc1cccnc1)C2=O)c1ccccc1)c1ccc(Cl)cc1. The predicted molar refractivity (Wildman–Crippen MR) is 160 cm³/mol. The highest BCUT2D eigenvalue weighted by atomic mass is 35.5. The zero-order valence-corrected chi connectivity index (χ0v) is 24.2. The summed E-state index contributed by atoms with van der Waals surface area (Å²) in [4.78, 5) is 34.9. The number of hydrogen-bond acceptors (Lipinski definition) is 4. The van der Waals surface area contributed by atoms with Crippen LogP contribution in [0.2, 0.25) is 5.02 Å². The van der Waals surface area contributed by atoms with Crippen LogP contribution in [0.3, 0.4) is 0 Å². The summed E-state index contributed by atoms with van der Waals surface area (Å²) >= 11 is 5.99. The molecule has 39 heavy (non-hydrogen) atoms. The number of amides is 2. The third kappa shape index (κ3) is 7.52. The molecule has 1 aromatic heterocycles. The van der Waals surface area contributed by atoms with E-state index in [9.17, 15) is 9.59 Å². The van der Waals surface area contributed by atoms with Crippen molar-refractivity contribution in [3.63, 3.8) is 0 Å². The number of halogens is 3. The highest BCUT2D eigenvalue weighted by molar-refractivity contribution is 6.30. The Labute approximate surface area is 247 Å². The van der Waals surface area contributed by atoms with Crippen LogP contribution in [0.5, 0.6) is 0 Å². The number of carbonyl (C=O) groups excluding carboxylic acids is 2. The topological polar surface area (TPSA) is 65.5 Å². The Hall–Kier alpha value is -2.64. The molecule has 1 N–H and O–H groups in total. The van der Waals surface area contributed by atoms with Crippen molar-refractivity contribution in [2.45, 2.75) is 38.3 Å². The van der Waals surface area contributed by atoms with Crippen molar-refractivity contribution in [2.75, 3.05) is 26.2 Å². The largest absolute Gasteiger partial charge is 0.345 e. The van der Waals surface area contributed by atoms with Crippen molar-refractivity contribution >= 4 is 48.2 Å². The molecule has 208 valence electrons. The second-order valence-corrected chi connectivity index (χ2v) is 10.6. The minimum atomic E-state index is -0.222. The third-order valence-corrected chi connectivity index (χ3v) is 8.11. The minimum absolute atomic E-state index is 0. The van der Waals surface area contributed by atoms with Crippen LogP contribution >= 0.6 is 36.4 Å². The van der Waals surface area contributed by atoms with Crippen molar-refractivity contribution in [2.24, 2.45) is 5.41 Å². The van der Waals surface area contributed by atoms with Gasteiger partial charge in [0.1, 0.15) is 0 Å². The van der Waals surface area contributed by atoms with E-state index in [1.54, 1.807) is 30.5 Å². The predicted octanol–water partition coefficient (Wildman–Crippen LogP) is 5.95. The molecule has 2 aliphatic heterocycles. The van der Waals surface area contributed by atoms with Gasteiger partial charge in [-0.1, -0.05) is 48.0 Å². The molecule has 2 aliphatic rings. The number of carbonyl (C=O) groups is 2. The summed E-state index contributed by atoms with van der Waals surface area (Å²) in [6.07, 6.45) is 7.12. The number of aromatic nitrogens is 1. The molecule has 0 radical (unpaired) electrons. The van der Waals surface area contributed by atoms with Crippen LogP contribution in [0.25, 0.3) is 0 Å². The lowest BCUT2D eigenvalue weighted by Gasteiger charge is -2.38. The molecule has 9 heteroatoms. The first-order chi connectivity index (χ1) is 18.0.